The molecule has 0 aliphatic carbocycles. The molecule has 39 heavy (non-hydrogen) atoms. The van der Waals surface area contributed by atoms with E-state index in [9.17, 15) is 29.7 Å². The summed E-state index contributed by atoms with van der Waals surface area (Å²) < 4.78 is 16.7. The molecule has 0 bridgehead atoms. The van der Waals surface area contributed by atoms with Gasteiger partial charge in [0, 0.05) is 0 Å². The number of carbonyl (C=O) groups excluding carboxylic acids is 3. The molecule has 1 fully saturated rings. The zero-order valence-corrected chi connectivity index (χ0v) is 25.5. The highest BCUT2D eigenvalue weighted by Gasteiger charge is 2.33. The van der Waals surface area contributed by atoms with E-state index in [1.807, 2.05) is 20.8 Å². The number of hydrogen-bond donors (Lipinski definition) is 3. The molecule has 9 heteroatoms. The molecule has 0 unspecified atom stereocenters. The van der Waals surface area contributed by atoms with Crippen molar-refractivity contribution >= 4 is 17.9 Å². The van der Waals surface area contributed by atoms with Crippen molar-refractivity contribution in [2.24, 2.45) is 35.5 Å². The topological polar surface area (TPSA) is 140 Å². The van der Waals surface area contributed by atoms with E-state index in [2.05, 4.69) is 0 Å². The molecule has 0 aromatic rings. The van der Waals surface area contributed by atoms with Crippen LogP contribution in [-0.4, -0.2) is 69.9 Å². The second-order valence-corrected chi connectivity index (χ2v) is 12.2. The van der Waals surface area contributed by atoms with Crippen molar-refractivity contribution in [3.05, 3.63) is 0 Å². The Hall–Kier alpha value is -1.71. The van der Waals surface area contributed by atoms with E-state index in [-0.39, 0.29) is 17.8 Å². The molecular formula is C30H54O9. The molecule has 228 valence electrons. The van der Waals surface area contributed by atoms with E-state index in [4.69, 9.17) is 14.2 Å². The average Bonchev–Trinajstić information content (AvgIpc) is 2.89. The first kappa shape index (κ1) is 35.3. The minimum atomic E-state index is -0.922. The van der Waals surface area contributed by atoms with Gasteiger partial charge in [0.25, 0.3) is 0 Å². The van der Waals surface area contributed by atoms with E-state index >= 15 is 0 Å². The van der Waals surface area contributed by atoms with Crippen molar-refractivity contribution in [2.45, 2.75) is 137 Å². The lowest BCUT2D eigenvalue weighted by Gasteiger charge is -2.29. The standard InChI is InChI=1S/C30H54O9/c1-16-10-13-19(4)37-29(35)23(8)26(32)18(3)12-15-21(6)39-30(36)24(9)27(33)17(2)11-14-20(5)38-28(34)22(7)25(16)31/h16-27,31-33H,10-15H2,1-9H3/t16-,17-,18-,19+,20+,21+,22+,23+,24+,25+,26+,27+/m0/s1. The first-order valence-electron chi connectivity index (χ1n) is 14.7. The van der Waals surface area contributed by atoms with Crippen LogP contribution in [0.25, 0.3) is 0 Å². The summed E-state index contributed by atoms with van der Waals surface area (Å²) in [5, 5.41) is 32.2. The van der Waals surface area contributed by atoms with Gasteiger partial charge in [0.1, 0.15) is 0 Å². The highest BCUT2D eigenvalue weighted by Crippen LogP contribution is 2.26. The van der Waals surface area contributed by atoms with Crippen molar-refractivity contribution in [1.82, 2.24) is 0 Å². The van der Waals surface area contributed by atoms with Gasteiger partial charge in [-0.05, 0) is 97.8 Å². The maximum Gasteiger partial charge on any atom is 0.311 e. The first-order chi connectivity index (χ1) is 18.1. The summed E-state index contributed by atoms with van der Waals surface area (Å²) in [7, 11) is 0. The molecule has 1 rings (SSSR count). The van der Waals surface area contributed by atoms with Gasteiger partial charge in [0.2, 0.25) is 0 Å². The zero-order valence-electron chi connectivity index (χ0n) is 25.5. The van der Waals surface area contributed by atoms with Crippen LogP contribution in [0.1, 0.15) is 101 Å². The Morgan fingerprint density at radius 3 is 0.846 bits per heavy atom. The molecule has 0 spiro atoms. The Kier molecular flexibility index (Phi) is 15.0. The number of ether oxygens (including phenoxy) is 3. The molecule has 1 aliphatic rings. The van der Waals surface area contributed by atoms with Crippen LogP contribution >= 0.6 is 0 Å². The van der Waals surface area contributed by atoms with Crippen molar-refractivity contribution in [2.75, 3.05) is 0 Å². The molecule has 0 aromatic carbocycles. The molecule has 0 aromatic heterocycles. The SMILES string of the molecule is C[C@@H]1CC[C@H](C)[C@@H](O)[C@@H](C)C(=O)O[C@H](C)CC[C@H](C)[C@@H](O)[C@@H](C)C(=O)O[C@H](C)CC[C@H](C)[C@@H](O)[C@@H](C)C(=O)O1. The molecule has 9 nitrogen and oxygen atoms in total. The predicted molar refractivity (Wildman–Crippen MR) is 147 cm³/mol. The quantitative estimate of drug-likeness (QED) is 0.297. The average molecular weight is 559 g/mol. The number of carbonyl (C=O) groups is 3. The van der Waals surface area contributed by atoms with Crippen molar-refractivity contribution in [1.29, 1.82) is 0 Å². The summed E-state index contributed by atoms with van der Waals surface area (Å²) >= 11 is 0. The zero-order chi connectivity index (χ0) is 30.0. The third-order valence-corrected chi connectivity index (χ3v) is 8.44. The van der Waals surface area contributed by atoms with E-state index < -0.39 is 72.3 Å². The van der Waals surface area contributed by atoms with Crippen LogP contribution in [0.4, 0.5) is 0 Å². The molecule has 3 N–H and O–H groups in total. The Balaban J connectivity index is 3.01. The summed E-state index contributed by atoms with van der Waals surface area (Å²) in [6.07, 6.45) is -0.872. The van der Waals surface area contributed by atoms with Crippen molar-refractivity contribution < 1.29 is 43.9 Å². The van der Waals surface area contributed by atoms with Crippen molar-refractivity contribution in [3.8, 4) is 0 Å². The minimum Gasteiger partial charge on any atom is -0.462 e. The summed E-state index contributed by atoms with van der Waals surface area (Å²) in [6, 6.07) is 0. The van der Waals surface area contributed by atoms with Gasteiger partial charge in [0.15, 0.2) is 0 Å². The van der Waals surface area contributed by atoms with E-state index in [0.29, 0.717) is 38.5 Å². The summed E-state index contributed by atoms with van der Waals surface area (Å²) in [5.41, 5.74) is 0. The van der Waals surface area contributed by atoms with Gasteiger partial charge >= 0.3 is 17.9 Å². The summed E-state index contributed by atoms with van der Waals surface area (Å²) in [6.45, 7) is 15.8. The second-order valence-electron chi connectivity index (χ2n) is 12.2. The summed E-state index contributed by atoms with van der Waals surface area (Å²) in [5.74, 6) is -4.36. The fraction of sp³-hybridized carbons (Fsp3) is 0.900. The van der Waals surface area contributed by atoms with Crippen LogP contribution in [-0.2, 0) is 28.6 Å². The number of hydrogen-bond acceptors (Lipinski definition) is 9. The molecule has 0 saturated carbocycles. The second kappa shape index (κ2) is 16.5. The Labute approximate surface area is 235 Å². The van der Waals surface area contributed by atoms with Gasteiger partial charge in [-0.2, -0.15) is 0 Å². The molecular weight excluding hydrogens is 504 g/mol. The van der Waals surface area contributed by atoms with E-state index in [0.717, 1.165) is 0 Å². The smallest absolute Gasteiger partial charge is 0.311 e. The van der Waals surface area contributed by atoms with Crippen molar-refractivity contribution in [3.63, 3.8) is 0 Å². The third kappa shape index (κ3) is 11.4. The maximum absolute atomic E-state index is 12.7. The Morgan fingerprint density at radius 1 is 0.436 bits per heavy atom. The Morgan fingerprint density at radius 2 is 0.641 bits per heavy atom. The lowest BCUT2D eigenvalue weighted by atomic mass is 9.88. The van der Waals surface area contributed by atoms with Crippen LogP contribution in [0.3, 0.4) is 0 Å². The number of cyclic esters (lactones) is 3. The van der Waals surface area contributed by atoms with Crippen LogP contribution in [0, 0.1) is 35.5 Å². The number of aliphatic hydroxyl groups excluding tert-OH is 3. The van der Waals surface area contributed by atoms with Crippen LogP contribution in [0.5, 0.6) is 0 Å². The third-order valence-electron chi connectivity index (χ3n) is 8.44. The van der Waals surface area contributed by atoms with Crippen LogP contribution in [0.2, 0.25) is 0 Å². The van der Waals surface area contributed by atoms with Gasteiger partial charge in [-0.25, -0.2) is 0 Å². The maximum atomic E-state index is 12.7. The van der Waals surface area contributed by atoms with Crippen LogP contribution < -0.4 is 0 Å². The number of esters is 3. The first-order valence-corrected chi connectivity index (χ1v) is 14.7. The van der Waals surface area contributed by atoms with Gasteiger partial charge in [-0.1, -0.05) is 20.8 Å². The highest BCUT2D eigenvalue weighted by atomic mass is 16.6. The van der Waals surface area contributed by atoms with Gasteiger partial charge < -0.3 is 29.5 Å². The largest absolute Gasteiger partial charge is 0.462 e. The Bertz CT molecular complexity index is 672. The van der Waals surface area contributed by atoms with Gasteiger partial charge in [-0.15, -0.1) is 0 Å². The van der Waals surface area contributed by atoms with E-state index in [1.54, 1.807) is 41.5 Å². The predicted octanol–water partition coefficient (Wildman–Crippen LogP) is 4.04. The molecule has 0 radical (unpaired) electrons. The molecule has 0 amide bonds. The molecule has 12 atom stereocenters. The monoisotopic (exact) mass is 558 g/mol. The number of rotatable bonds is 0. The minimum absolute atomic E-state index is 0.226. The van der Waals surface area contributed by atoms with E-state index in [1.165, 1.54) is 0 Å². The molecule has 1 saturated heterocycles. The molecule has 1 heterocycles. The fourth-order valence-corrected chi connectivity index (χ4v) is 5.00. The fourth-order valence-electron chi connectivity index (χ4n) is 5.00. The lowest BCUT2D eigenvalue weighted by Crippen LogP contribution is -2.36. The summed E-state index contributed by atoms with van der Waals surface area (Å²) in [4.78, 5) is 38.0. The van der Waals surface area contributed by atoms with Gasteiger partial charge in [-0.3, -0.25) is 14.4 Å². The lowest BCUT2D eigenvalue weighted by molar-refractivity contribution is -0.158. The number of aliphatic hydroxyl groups is 3. The molecule has 1 aliphatic heterocycles. The highest BCUT2D eigenvalue weighted by molar-refractivity contribution is 5.73. The van der Waals surface area contributed by atoms with Gasteiger partial charge in [0.05, 0.1) is 54.4 Å². The normalized spacial score (nSPS) is 42.0. The van der Waals surface area contributed by atoms with Crippen LogP contribution in [0.15, 0.2) is 0 Å².